The van der Waals surface area contributed by atoms with E-state index < -0.39 is 0 Å². The van der Waals surface area contributed by atoms with Crippen molar-refractivity contribution in [2.45, 2.75) is 32.7 Å². The minimum Gasteiger partial charge on any atom is -0.398 e. The fourth-order valence-corrected chi connectivity index (χ4v) is 2.72. The van der Waals surface area contributed by atoms with E-state index in [0.717, 1.165) is 24.9 Å². The molecule has 1 aromatic carbocycles. The van der Waals surface area contributed by atoms with Gasteiger partial charge in [0.05, 0.1) is 0 Å². The van der Waals surface area contributed by atoms with Crippen molar-refractivity contribution in [3.05, 3.63) is 28.8 Å². The molecule has 1 saturated heterocycles. The van der Waals surface area contributed by atoms with Crippen molar-refractivity contribution in [3.8, 4) is 0 Å². The fraction of sp³-hybridized carbons (Fsp3) is 0.500. The quantitative estimate of drug-likeness (QED) is 0.852. The number of carbonyl (C=O) groups is 1. The highest BCUT2D eigenvalue weighted by Gasteiger charge is 2.28. The van der Waals surface area contributed by atoms with Crippen LogP contribution in [-0.2, 0) is 11.3 Å². The SMILES string of the molecule is CCCC1CC(=O)N(Cc2cc(Cl)ccc2N)C1. The van der Waals surface area contributed by atoms with E-state index in [4.69, 9.17) is 17.3 Å². The summed E-state index contributed by atoms with van der Waals surface area (Å²) in [6, 6.07) is 5.41. The lowest BCUT2D eigenvalue weighted by Gasteiger charge is -2.18. The molecule has 0 aliphatic carbocycles. The maximum atomic E-state index is 11.9. The number of nitrogens with zero attached hydrogens (tertiary/aromatic N) is 1. The van der Waals surface area contributed by atoms with Crippen LogP contribution in [0.4, 0.5) is 5.69 Å². The summed E-state index contributed by atoms with van der Waals surface area (Å²) in [4.78, 5) is 13.8. The van der Waals surface area contributed by atoms with Gasteiger partial charge in [-0.3, -0.25) is 4.79 Å². The second-order valence-electron chi connectivity index (χ2n) is 4.98. The molecule has 2 N–H and O–H groups in total. The van der Waals surface area contributed by atoms with Gasteiger partial charge in [0.15, 0.2) is 0 Å². The van der Waals surface area contributed by atoms with Crippen LogP contribution in [0.25, 0.3) is 0 Å². The molecule has 1 unspecified atom stereocenters. The summed E-state index contributed by atoms with van der Waals surface area (Å²) in [5.74, 6) is 0.732. The van der Waals surface area contributed by atoms with Gasteiger partial charge in [-0.15, -0.1) is 0 Å². The number of likely N-dealkylation sites (tertiary alicyclic amines) is 1. The van der Waals surface area contributed by atoms with Crippen molar-refractivity contribution in [3.63, 3.8) is 0 Å². The standard InChI is InChI=1S/C14H19ClN2O/c1-2-3-10-6-14(18)17(8-10)9-11-7-12(15)4-5-13(11)16/h4-5,7,10H,2-3,6,8-9,16H2,1H3. The number of nitrogen functional groups attached to an aromatic ring is 1. The van der Waals surface area contributed by atoms with Crippen molar-refractivity contribution < 1.29 is 4.79 Å². The van der Waals surface area contributed by atoms with E-state index in [9.17, 15) is 4.79 Å². The summed E-state index contributed by atoms with van der Waals surface area (Å²) in [6.07, 6.45) is 2.92. The number of halogens is 1. The molecular weight excluding hydrogens is 248 g/mol. The Morgan fingerprint density at radius 3 is 3.00 bits per heavy atom. The molecule has 1 fully saturated rings. The van der Waals surface area contributed by atoms with Gasteiger partial charge in [-0.2, -0.15) is 0 Å². The van der Waals surface area contributed by atoms with E-state index >= 15 is 0 Å². The van der Waals surface area contributed by atoms with Crippen molar-refractivity contribution in [2.24, 2.45) is 5.92 Å². The van der Waals surface area contributed by atoms with Gasteiger partial charge in [0.1, 0.15) is 0 Å². The molecule has 0 bridgehead atoms. The third kappa shape index (κ3) is 2.96. The summed E-state index contributed by atoms with van der Waals surface area (Å²) in [5, 5.41) is 0.663. The Morgan fingerprint density at radius 2 is 2.28 bits per heavy atom. The molecule has 0 saturated carbocycles. The van der Waals surface area contributed by atoms with Gasteiger partial charge >= 0.3 is 0 Å². The maximum absolute atomic E-state index is 11.9. The molecule has 1 aliphatic rings. The van der Waals surface area contributed by atoms with Crippen LogP contribution in [-0.4, -0.2) is 17.4 Å². The highest BCUT2D eigenvalue weighted by Crippen LogP contribution is 2.26. The number of nitrogens with two attached hydrogens (primary N) is 1. The number of carbonyl (C=O) groups excluding carboxylic acids is 1. The minimum atomic E-state index is 0.229. The van der Waals surface area contributed by atoms with Crippen LogP contribution >= 0.6 is 11.6 Å². The fourth-order valence-electron chi connectivity index (χ4n) is 2.53. The highest BCUT2D eigenvalue weighted by molar-refractivity contribution is 6.30. The molecular formula is C14H19ClN2O. The monoisotopic (exact) mass is 266 g/mol. The summed E-state index contributed by atoms with van der Waals surface area (Å²) >= 11 is 5.96. The zero-order chi connectivity index (χ0) is 13.1. The van der Waals surface area contributed by atoms with Crippen LogP contribution in [0.2, 0.25) is 5.02 Å². The van der Waals surface area contributed by atoms with E-state index in [2.05, 4.69) is 6.92 Å². The van der Waals surface area contributed by atoms with E-state index in [0.29, 0.717) is 29.6 Å². The average molecular weight is 267 g/mol. The van der Waals surface area contributed by atoms with Gasteiger partial charge in [0, 0.05) is 30.2 Å². The van der Waals surface area contributed by atoms with Crippen LogP contribution in [0.15, 0.2) is 18.2 Å². The van der Waals surface area contributed by atoms with Gasteiger partial charge in [-0.25, -0.2) is 0 Å². The first kappa shape index (κ1) is 13.2. The molecule has 1 amide bonds. The van der Waals surface area contributed by atoms with Gasteiger partial charge in [0.2, 0.25) is 5.91 Å². The zero-order valence-corrected chi connectivity index (χ0v) is 11.4. The number of benzene rings is 1. The Labute approximate surface area is 113 Å². The predicted octanol–water partition coefficient (Wildman–Crippen LogP) is 3.07. The maximum Gasteiger partial charge on any atom is 0.223 e. The first-order chi connectivity index (χ1) is 8.60. The summed E-state index contributed by atoms with van der Waals surface area (Å²) in [7, 11) is 0. The highest BCUT2D eigenvalue weighted by atomic mass is 35.5. The third-order valence-corrected chi connectivity index (χ3v) is 3.69. The first-order valence-corrected chi connectivity index (χ1v) is 6.79. The van der Waals surface area contributed by atoms with Crippen molar-refractivity contribution in [1.29, 1.82) is 0 Å². The Balaban J connectivity index is 2.05. The Bertz CT molecular complexity index is 447. The Morgan fingerprint density at radius 1 is 1.50 bits per heavy atom. The number of anilines is 1. The number of hydrogen-bond acceptors (Lipinski definition) is 2. The third-order valence-electron chi connectivity index (χ3n) is 3.46. The number of hydrogen-bond donors (Lipinski definition) is 1. The van der Waals surface area contributed by atoms with E-state index in [1.54, 1.807) is 12.1 Å². The van der Waals surface area contributed by atoms with E-state index in [1.807, 2.05) is 11.0 Å². The summed E-state index contributed by atoms with van der Waals surface area (Å²) in [5.41, 5.74) is 7.55. The minimum absolute atomic E-state index is 0.229. The topological polar surface area (TPSA) is 46.3 Å². The molecule has 3 nitrogen and oxygen atoms in total. The van der Waals surface area contributed by atoms with Crippen molar-refractivity contribution in [2.75, 3.05) is 12.3 Å². The molecule has 1 aromatic rings. The van der Waals surface area contributed by atoms with Crippen LogP contribution < -0.4 is 5.73 Å². The molecule has 2 rings (SSSR count). The second kappa shape index (κ2) is 5.61. The molecule has 18 heavy (non-hydrogen) atoms. The average Bonchev–Trinajstić information content (AvgIpc) is 2.65. The van der Waals surface area contributed by atoms with Crippen molar-refractivity contribution >= 4 is 23.2 Å². The van der Waals surface area contributed by atoms with E-state index in [1.165, 1.54) is 0 Å². The molecule has 4 heteroatoms. The largest absolute Gasteiger partial charge is 0.398 e. The molecule has 98 valence electrons. The lowest BCUT2D eigenvalue weighted by molar-refractivity contribution is -0.128. The van der Waals surface area contributed by atoms with Crippen LogP contribution in [0.5, 0.6) is 0 Å². The Kier molecular flexibility index (Phi) is 4.12. The van der Waals surface area contributed by atoms with Crippen LogP contribution in [0.1, 0.15) is 31.7 Å². The smallest absolute Gasteiger partial charge is 0.223 e. The normalized spacial score (nSPS) is 19.6. The number of amides is 1. The zero-order valence-electron chi connectivity index (χ0n) is 10.7. The lowest BCUT2D eigenvalue weighted by atomic mass is 10.0. The first-order valence-electron chi connectivity index (χ1n) is 6.41. The summed E-state index contributed by atoms with van der Waals surface area (Å²) in [6.45, 7) is 3.58. The molecule has 1 atom stereocenters. The van der Waals surface area contributed by atoms with Gasteiger partial charge in [0.25, 0.3) is 0 Å². The molecule has 1 heterocycles. The Hall–Kier alpha value is -1.22. The van der Waals surface area contributed by atoms with Crippen LogP contribution in [0, 0.1) is 5.92 Å². The number of rotatable bonds is 4. The van der Waals surface area contributed by atoms with Gasteiger partial charge in [-0.05, 0) is 36.1 Å². The molecule has 0 aromatic heterocycles. The van der Waals surface area contributed by atoms with Crippen LogP contribution in [0.3, 0.4) is 0 Å². The molecule has 0 spiro atoms. The predicted molar refractivity (Wildman–Crippen MR) is 74.3 cm³/mol. The lowest BCUT2D eigenvalue weighted by Crippen LogP contribution is -2.25. The summed E-state index contributed by atoms with van der Waals surface area (Å²) < 4.78 is 0. The van der Waals surface area contributed by atoms with Crippen molar-refractivity contribution in [1.82, 2.24) is 4.90 Å². The molecule has 1 aliphatic heterocycles. The molecule has 0 radical (unpaired) electrons. The van der Waals surface area contributed by atoms with Gasteiger partial charge < -0.3 is 10.6 Å². The second-order valence-corrected chi connectivity index (χ2v) is 5.41. The van der Waals surface area contributed by atoms with E-state index in [-0.39, 0.29) is 5.91 Å². The van der Waals surface area contributed by atoms with Gasteiger partial charge in [-0.1, -0.05) is 24.9 Å².